The van der Waals surface area contributed by atoms with Crippen molar-refractivity contribution in [3.05, 3.63) is 41.3 Å². The molecule has 1 aromatic carbocycles. The minimum atomic E-state index is -0.477. The van der Waals surface area contributed by atoms with Gasteiger partial charge in [-0.15, -0.1) is 0 Å². The lowest BCUT2D eigenvalue weighted by Gasteiger charge is -2.06. The Balaban J connectivity index is 2.44. The summed E-state index contributed by atoms with van der Waals surface area (Å²) in [5, 5.41) is 13.0. The van der Waals surface area contributed by atoms with Crippen LogP contribution in [0.1, 0.15) is 11.3 Å². The van der Waals surface area contributed by atoms with Crippen molar-refractivity contribution < 1.29 is 9.13 Å². The van der Waals surface area contributed by atoms with Gasteiger partial charge in [-0.05, 0) is 19.1 Å². The van der Waals surface area contributed by atoms with Crippen LogP contribution in [0.15, 0.2) is 24.3 Å². The molecule has 4 nitrogen and oxygen atoms in total. The van der Waals surface area contributed by atoms with E-state index in [1.807, 2.05) is 6.07 Å². The van der Waals surface area contributed by atoms with E-state index in [1.54, 1.807) is 26.1 Å². The summed E-state index contributed by atoms with van der Waals surface area (Å²) < 4.78 is 20.2. The Hall–Kier alpha value is -2.35. The third-order valence-corrected chi connectivity index (χ3v) is 2.32. The fourth-order valence-corrected chi connectivity index (χ4v) is 1.51. The van der Waals surface area contributed by atoms with E-state index in [1.165, 1.54) is 16.8 Å². The molecule has 0 aliphatic rings. The first-order chi connectivity index (χ1) is 8.13. The maximum atomic E-state index is 13.4. The van der Waals surface area contributed by atoms with Crippen LogP contribution in [0.4, 0.5) is 4.39 Å². The average Bonchev–Trinajstić information content (AvgIpc) is 2.56. The molecule has 1 heterocycles. The number of para-hydroxylation sites is 1. The molecule has 5 heteroatoms. The predicted molar refractivity (Wildman–Crippen MR) is 59.1 cm³/mol. The number of hydrogen-bond donors (Lipinski definition) is 0. The SMILES string of the molecule is Cc1nn(C)c(Oc2ccccc2F)c1C#N. The molecule has 0 unspecified atom stereocenters. The van der Waals surface area contributed by atoms with Gasteiger partial charge in [-0.3, -0.25) is 0 Å². The van der Waals surface area contributed by atoms with Gasteiger partial charge in [-0.25, -0.2) is 9.07 Å². The third-order valence-electron chi connectivity index (χ3n) is 2.32. The summed E-state index contributed by atoms with van der Waals surface area (Å²) in [5.41, 5.74) is 0.872. The molecule has 0 saturated carbocycles. The Bertz CT molecular complexity index is 598. The zero-order valence-corrected chi connectivity index (χ0v) is 9.44. The molecule has 0 aliphatic heterocycles. The van der Waals surface area contributed by atoms with E-state index >= 15 is 0 Å². The number of nitriles is 1. The van der Waals surface area contributed by atoms with E-state index < -0.39 is 5.82 Å². The molecule has 0 fully saturated rings. The summed E-state index contributed by atoms with van der Waals surface area (Å²) in [6.45, 7) is 1.70. The van der Waals surface area contributed by atoms with Crippen LogP contribution in [0.25, 0.3) is 0 Å². The fraction of sp³-hybridized carbons (Fsp3) is 0.167. The largest absolute Gasteiger partial charge is 0.435 e. The van der Waals surface area contributed by atoms with Gasteiger partial charge in [0.25, 0.3) is 0 Å². The molecule has 0 bridgehead atoms. The fourth-order valence-electron chi connectivity index (χ4n) is 1.51. The van der Waals surface area contributed by atoms with Crippen LogP contribution >= 0.6 is 0 Å². The van der Waals surface area contributed by atoms with E-state index in [-0.39, 0.29) is 11.6 Å². The highest BCUT2D eigenvalue weighted by Crippen LogP contribution is 2.27. The van der Waals surface area contributed by atoms with Gasteiger partial charge >= 0.3 is 0 Å². The molecule has 0 radical (unpaired) electrons. The number of rotatable bonds is 2. The van der Waals surface area contributed by atoms with Crippen molar-refractivity contribution in [3.63, 3.8) is 0 Å². The van der Waals surface area contributed by atoms with E-state index in [0.29, 0.717) is 11.3 Å². The number of aromatic nitrogens is 2. The number of hydrogen-bond acceptors (Lipinski definition) is 3. The summed E-state index contributed by atoms with van der Waals surface area (Å²) in [4.78, 5) is 0. The normalized spacial score (nSPS) is 10.0. The van der Waals surface area contributed by atoms with Crippen LogP contribution < -0.4 is 4.74 Å². The van der Waals surface area contributed by atoms with Crippen molar-refractivity contribution in [2.45, 2.75) is 6.92 Å². The smallest absolute Gasteiger partial charge is 0.236 e. The highest BCUT2D eigenvalue weighted by atomic mass is 19.1. The third kappa shape index (κ3) is 1.97. The average molecular weight is 231 g/mol. The summed E-state index contributed by atoms with van der Waals surface area (Å²) >= 11 is 0. The molecule has 0 amide bonds. The van der Waals surface area contributed by atoms with Crippen LogP contribution in [0.3, 0.4) is 0 Å². The van der Waals surface area contributed by atoms with Gasteiger partial charge in [-0.1, -0.05) is 12.1 Å². The van der Waals surface area contributed by atoms with Crippen LogP contribution in [-0.4, -0.2) is 9.78 Å². The summed E-state index contributed by atoms with van der Waals surface area (Å²) in [5.74, 6) is -0.155. The minimum absolute atomic E-state index is 0.0759. The molecule has 0 aliphatic carbocycles. The van der Waals surface area contributed by atoms with E-state index in [0.717, 1.165) is 0 Å². The molecular formula is C12H10FN3O. The number of ether oxygens (including phenoxy) is 1. The topological polar surface area (TPSA) is 50.8 Å². The second kappa shape index (κ2) is 4.26. The van der Waals surface area contributed by atoms with Gasteiger partial charge in [0, 0.05) is 7.05 Å². The lowest BCUT2D eigenvalue weighted by atomic mass is 10.3. The summed E-state index contributed by atoms with van der Waals surface area (Å²) in [6, 6.07) is 8.02. The van der Waals surface area contributed by atoms with Crippen molar-refractivity contribution in [3.8, 4) is 17.7 Å². The van der Waals surface area contributed by atoms with Crippen molar-refractivity contribution in [1.82, 2.24) is 9.78 Å². The molecule has 0 spiro atoms. The zero-order chi connectivity index (χ0) is 12.4. The second-order valence-corrected chi connectivity index (χ2v) is 3.53. The Morgan fingerprint density at radius 3 is 2.76 bits per heavy atom. The van der Waals surface area contributed by atoms with Crippen molar-refractivity contribution in [2.24, 2.45) is 7.05 Å². The maximum absolute atomic E-state index is 13.4. The van der Waals surface area contributed by atoms with Gasteiger partial charge in [0.05, 0.1) is 5.69 Å². The Morgan fingerprint density at radius 1 is 1.41 bits per heavy atom. The quantitative estimate of drug-likeness (QED) is 0.798. The van der Waals surface area contributed by atoms with Gasteiger partial charge in [-0.2, -0.15) is 10.4 Å². The molecular weight excluding hydrogens is 221 g/mol. The molecule has 0 N–H and O–H groups in total. The molecule has 2 aromatic rings. The maximum Gasteiger partial charge on any atom is 0.236 e. The van der Waals surface area contributed by atoms with E-state index in [4.69, 9.17) is 10.00 Å². The molecule has 1 aromatic heterocycles. The van der Waals surface area contributed by atoms with Crippen molar-refractivity contribution in [2.75, 3.05) is 0 Å². The molecule has 86 valence electrons. The molecule has 2 rings (SSSR count). The van der Waals surface area contributed by atoms with E-state index in [9.17, 15) is 4.39 Å². The second-order valence-electron chi connectivity index (χ2n) is 3.53. The van der Waals surface area contributed by atoms with Crippen molar-refractivity contribution in [1.29, 1.82) is 5.26 Å². The molecule has 0 atom stereocenters. The lowest BCUT2D eigenvalue weighted by molar-refractivity contribution is 0.402. The van der Waals surface area contributed by atoms with Crippen LogP contribution in [0, 0.1) is 24.1 Å². The van der Waals surface area contributed by atoms with Gasteiger partial charge in [0.2, 0.25) is 5.88 Å². The number of benzene rings is 1. The highest BCUT2D eigenvalue weighted by Gasteiger charge is 2.16. The first-order valence-electron chi connectivity index (χ1n) is 4.99. The minimum Gasteiger partial charge on any atom is -0.435 e. The Labute approximate surface area is 97.9 Å². The van der Waals surface area contributed by atoms with Gasteiger partial charge in [0.1, 0.15) is 11.6 Å². The monoisotopic (exact) mass is 231 g/mol. The van der Waals surface area contributed by atoms with E-state index in [2.05, 4.69) is 5.10 Å². The predicted octanol–water partition coefficient (Wildman–Crippen LogP) is 2.53. The molecule has 0 saturated heterocycles. The number of aryl methyl sites for hydroxylation is 2. The highest BCUT2D eigenvalue weighted by molar-refractivity contribution is 5.44. The van der Waals surface area contributed by atoms with Crippen LogP contribution in [0.5, 0.6) is 11.6 Å². The van der Waals surface area contributed by atoms with Crippen LogP contribution in [-0.2, 0) is 7.05 Å². The standard InChI is InChI=1S/C12H10FN3O/c1-8-9(7-14)12(16(2)15-8)17-11-6-4-3-5-10(11)13/h3-6H,1-2H3. The Kier molecular flexibility index (Phi) is 2.79. The molecule has 17 heavy (non-hydrogen) atoms. The number of nitrogens with zero attached hydrogens (tertiary/aromatic N) is 3. The lowest BCUT2D eigenvalue weighted by Crippen LogP contribution is -1.97. The number of halogens is 1. The first kappa shape index (κ1) is 11.1. The van der Waals surface area contributed by atoms with Crippen LogP contribution in [0.2, 0.25) is 0 Å². The van der Waals surface area contributed by atoms with Crippen molar-refractivity contribution >= 4 is 0 Å². The summed E-state index contributed by atoms with van der Waals surface area (Å²) in [6.07, 6.45) is 0. The first-order valence-corrected chi connectivity index (χ1v) is 4.99. The zero-order valence-electron chi connectivity index (χ0n) is 9.44. The summed E-state index contributed by atoms with van der Waals surface area (Å²) in [7, 11) is 1.64. The Morgan fingerprint density at radius 2 is 2.12 bits per heavy atom. The van der Waals surface area contributed by atoms with Gasteiger partial charge < -0.3 is 4.74 Å². The van der Waals surface area contributed by atoms with Gasteiger partial charge in [0.15, 0.2) is 11.6 Å².